The molecule has 2 aromatic carbocycles. The Morgan fingerprint density at radius 1 is 1.15 bits per heavy atom. The molecular formula is C20H27Cl2N3O2. The summed E-state index contributed by atoms with van der Waals surface area (Å²) in [6.45, 7) is 2.19. The van der Waals surface area contributed by atoms with E-state index < -0.39 is 0 Å². The second kappa shape index (κ2) is 11.1. The van der Waals surface area contributed by atoms with Crippen LogP contribution in [0, 0.1) is 0 Å². The lowest BCUT2D eigenvalue weighted by Gasteiger charge is -2.25. The third-order valence-corrected chi connectivity index (χ3v) is 4.31. The van der Waals surface area contributed by atoms with Crippen molar-refractivity contribution < 1.29 is 9.53 Å². The summed E-state index contributed by atoms with van der Waals surface area (Å²) in [7, 11) is 4.02. The summed E-state index contributed by atoms with van der Waals surface area (Å²) < 4.78 is 5.72. The number of carbonyl (C=O) groups excluding carboxylic acids is 1. The van der Waals surface area contributed by atoms with Gasteiger partial charge in [0.15, 0.2) is 0 Å². The Morgan fingerprint density at radius 2 is 1.89 bits per heavy atom. The molecule has 0 saturated carbocycles. The second-order valence-electron chi connectivity index (χ2n) is 6.58. The van der Waals surface area contributed by atoms with Gasteiger partial charge in [-0.2, -0.15) is 0 Å². The van der Waals surface area contributed by atoms with E-state index >= 15 is 0 Å². The maximum Gasteiger partial charge on any atom is 0.241 e. The monoisotopic (exact) mass is 411 g/mol. The molecule has 5 nitrogen and oxygen atoms in total. The van der Waals surface area contributed by atoms with Crippen molar-refractivity contribution in [3.8, 4) is 5.75 Å². The SMILES string of the molecule is CN(C)CCOc1cccc(NC(=O)C2Cc3ccccc3CN2)c1.Cl.Cl. The van der Waals surface area contributed by atoms with Crippen LogP contribution < -0.4 is 15.4 Å². The average Bonchev–Trinajstić information content (AvgIpc) is 2.61. The van der Waals surface area contributed by atoms with Crippen molar-refractivity contribution in [2.75, 3.05) is 32.6 Å². The van der Waals surface area contributed by atoms with Gasteiger partial charge in [-0.15, -0.1) is 24.8 Å². The van der Waals surface area contributed by atoms with Crippen LogP contribution in [0.4, 0.5) is 5.69 Å². The number of rotatable bonds is 6. The number of carbonyl (C=O) groups is 1. The first-order valence-corrected chi connectivity index (χ1v) is 8.60. The van der Waals surface area contributed by atoms with Crippen molar-refractivity contribution in [3.05, 3.63) is 59.7 Å². The van der Waals surface area contributed by atoms with Gasteiger partial charge >= 0.3 is 0 Å². The van der Waals surface area contributed by atoms with E-state index in [2.05, 4.69) is 27.7 Å². The minimum atomic E-state index is -0.215. The van der Waals surface area contributed by atoms with Crippen LogP contribution in [0.2, 0.25) is 0 Å². The number of hydrogen-bond donors (Lipinski definition) is 2. The molecule has 0 fully saturated rings. The van der Waals surface area contributed by atoms with E-state index in [1.807, 2.05) is 50.5 Å². The van der Waals surface area contributed by atoms with Crippen molar-refractivity contribution >= 4 is 36.4 Å². The van der Waals surface area contributed by atoms with Crippen molar-refractivity contribution in [1.82, 2.24) is 10.2 Å². The average molecular weight is 412 g/mol. The van der Waals surface area contributed by atoms with Crippen molar-refractivity contribution in [3.63, 3.8) is 0 Å². The van der Waals surface area contributed by atoms with Crippen LogP contribution in [-0.2, 0) is 17.8 Å². The van der Waals surface area contributed by atoms with Crippen LogP contribution in [-0.4, -0.2) is 44.1 Å². The van der Waals surface area contributed by atoms with Crippen molar-refractivity contribution in [2.45, 2.75) is 19.0 Å². The third kappa shape index (κ3) is 6.70. The fourth-order valence-electron chi connectivity index (χ4n) is 2.88. The Bertz CT molecular complexity index is 741. The Hall–Kier alpha value is -1.79. The highest BCUT2D eigenvalue weighted by atomic mass is 35.5. The maximum absolute atomic E-state index is 12.6. The third-order valence-electron chi connectivity index (χ3n) is 4.31. The fraction of sp³-hybridized carbons (Fsp3) is 0.350. The molecule has 0 saturated heterocycles. The molecule has 7 heteroatoms. The van der Waals surface area contributed by atoms with Gasteiger partial charge in [0.1, 0.15) is 12.4 Å². The molecular weight excluding hydrogens is 385 g/mol. The first kappa shape index (κ1) is 23.2. The maximum atomic E-state index is 12.6. The number of anilines is 1. The summed E-state index contributed by atoms with van der Waals surface area (Å²) in [5.74, 6) is 0.751. The highest BCUT2D eigenvalue weighted by Crippen LogP contribution is 2.20. The molecule has 1 aliphatic rings. The fourth-order valence-corrected chi connectivity index (χ4v) is 2.88. The summed E-state index contributed by atoms with van der Waals surface area (Å²) in [5, 5.41) is 6.30. The lowest BCUT2D eigenvalue weighted by Crippen LogP contribution is -2.44. The number of benzene rings is 2. The predicted octanol–water partition coefficient (Wildman–Crippen LogP) is 3.12. The van der Waals surface area contributed by atoms with Crippen molar-refractivity contribution in [2.24, 2.45) is 0 Å². The Balaban J connectivity index is 0.00000182. The van der Waals surface area contributed by atoms with Gasteiger partial charge in [0, 0.05) is 24.8 Å². The molecule has 1 unspecified atom stereocenters. The molecule has 0 aromatic heterocycles. The van der Waals surface area contributed by atoms with Gasteiger partial charge in [0.05, 0.1) is 6.04 Å². The lowest BCUT2D eigenvalue weighted by molar-refractivity contribution is -0.118. The molecule has 1 heterocycles. The number of halogens is 2. The number of fused-ring (bicyclic) bond motifs is 1. The van der Waals surface area contributed by atoms with Gasteiger partial charge in [-0.1, -0.05) is 30.3 Å². The summed E-state index contributed by atoms with van der Waals surface area (Å²) in [6.07, 6.45) is 0.709. The van der Waals surface area contributed by atoms with Gasteiger partial charge < -0.3 is 20.3 Å². The summed E-state index contributed by atoms with van der Waals surface area (Å²) in [4.78, 5) is 14.6. The largest absolute Gasteiger partial charge is 0.492 e. The molecule has 148 valence electrons. The van der Waals surface area contributed by atoms with Crippen LogP contribution >= 0.6 is 24.8 Å². The Labute approximate surface area is 173 Å². The van der Waals surface area contributed by atoms with E-state index in [1.165, 1.54) is 11.1 Å². The van der Waals surface area contributed by atoms with E-state index in [0.717, 1.165) is 24.5 Å². The number of hydrogen-bond acceptors (Lipinski definition) is 4. The predicted molar refractivity (Wildman–Crippen MR) is 114 cm³/mol. The van der Waals surface area contributed by atoms with E-state index in [0.29, 0.717) is 13.0 Å². The first-order valence-electron chi connectivity index (χ1n) is 8.60. The zero-order chi connectivity index (χ0) is 17.6. The van der Waals surface area contributed by atoms with Gasteiger partial charge in [0.2, 0.25) is 5.91 Å². The molecule has 0 aliphatic carbocycles. The van der Waals surface area contributed by atoms with Gasteiger partial charge in [0.25, 0.3) is 0 Å². The second-order valence-corrected chi connectivity index (χ2v) is 6.58. The molecule has 0 bridgehead atoms. The summed E-state index contributed by atoms with van der Waals surface area (Å²) in [5.41, 5.74) is 3.26. The minimum Gasteiger partial charge on any atom is -0.492 e. The van der Waals surface area contributed by atoms with E-state index in [4.69, 9.17) is 4.74 Å². The number of ether oxygens (including phenoxy) is 1. The topological polar surface area (TPSA) is 53.6 Å². The van der Waals surface area contributed by atoms with Crippen LogP contribution in [0.3, 0.4) is 0 Å². The highest BCUT2D eigenvalue weighted by Gasteiger charge is 2.23. The Morgan fingerprint density at radius 3 is 2.63 bits per heavy atom. The molecule has 3 rings (SSSR count). The number of nitrogens with one attached hydrogen (secondary N) is 2. The smallest absolute Gasteiger partial charge is 0.241 e. The number of likely N-dealkylation sites (N-methyl/N-ethyl adjacent to an activating group) is 1. The quantitative estimate of drug-likeness (QED) is 0.766. The van der Waals surface area contributed by atoms with Crippen LogP contribution in [0.5, 0.6) is 5.75 Å². The van der Waals surface area contributed by atoms with E-state index in [-0.39, 0.29) is 36.8 Å². The number of nitrogens with zero attached hydrogens (tertiary/aromatic N) is 1. The normalized spacial score (nSPS) is 15.1. The van der Waals surface area contributed by atoms with Gasteiger partial charge in [-0.25, -0.2) is 0 Å². The highest BCUT2D eigenvalue weighted by molar-refractivity contribution is 5.95. The zero-order valence-corrected chi connectivity index (χ0v) is 17.2. The van der Waals surface area contributed by atoms with Crippen molar-refractivity contribution in [1.29, 1.82) is 0 Å². The van der Waals surface area contributed by atoms with Crippen LogP contribution in [0.1, 0.15) is 11.1 Å². The standard InChI is InChI=1S/C20H25N3O2.2ClH/c1-23(2)10-11-25-18-9-5-8-17(13-18)22-20(24)19-12-15-6-3-4-7-16(15)14-21-19;;/h3-9,13,19,21H,10-12,14H2,1-2H3,(H,22,24);2*1H. The minimum absolute atomic E-state index is 0. The molecule has 1 amide bonds. The Kier molecular flexibility index (Phi) is 9.60. The first-order chi connectivity index (χ1) is 12.1. The zero-order valence-electron chi connectivity index (χ0n) is 15.6. The lowest BCUT2D eigenvalue weighted by atomic mass is 9.95. The molecule has 2 N–H and O–H groups in total. The van der Waals surface area contributed by atoms with Gasteiger partial charge in [-0.05, 0) is 43.8 Å². The molecule has 0 spiro atoms. The van der Waals surface area contributed by atoms with E-state index in [9.17, 15) is 4.79 Å². The molecule has 0 radical (unpaired) electrons. The van der Waals surface area contributed by atoms with Crippen LogP contribution in [0.25, 0.3) is 0 Å². The molecule has 27 heavy (non-hydrogen) atoms. The summed E-state index contributed by atoms with van der Waals surface area (Å²) >= 11 is 0. The van der Waals surface area contributed by atoms with Crippen LogP contribution in [0.15, 0.2) is 48.5 Å². The summed E-state index contributed by atoms with van der Waals surface area (Å²) in [6, 6.07) is 15.6. The van der Waals surface area contributed by atoms with E-state index in [1.54, 1.807) is 0 Å². The number of amides is 1. The molecule has 1 atom stereocenters. The molecule has 2 aromatic rings. The van der Waals surface area contributed by atoms with Gasteiger partial charge in [-0.3, -0.25) is 4.79 Å². The molecule has 1 aliphatic heterocycles.